The van der Waals surface area contributed by atoms with E-state index in [4.69, 9.17) is 0 Å². The zero-order valence-corrected chi connectivity index (χ0v) is 18.0. The molecular formula is C22H26N4O2S. The van der Waals surface area contributed by atoms with Gasteiger partial charge >= 0.3 is 0 Å². The SMILES string of the molecule is CC[C@H](CNC(=O)[C@H](C)SC1=C(C#N)C(C)(C)[C@@H](C#N)C(=O)N1)c1ccccc1. The minimum atomic E-state index is -0.943. The highest BCUT2D eigenvalue weighted by molar-refractivity contribution is 8.04. The Hall–Kier alpha value is -2.77. The van der Waals surface area contributed by atoms with Crippen molar-refractivity contribution in [1.82, 2.24) is 10.6 Å². The van der Waals surface area contributed by atoms with E-state index in [0.717, 1.165) is 18.2 Å². The molecule has 7 heteroatoms. The largest absolute Gasteiger partial charge is 0.355 e. The Balaban J connectivity index is 2.08. The van der Waals surface area contributed by atoms with Gasteiger partial charge in [-0.05, 0) is 18.9 Å². The molecule has 0 aromatic heterocycles. The predicted molar refractivity (Wildman–Crippen MR) is 113 cm³/mol. The molecule has 0 radical (unpaired) electrons. The number of amides is 2. The molecule has 152 valence electrons. The molecule has 2 N–H and O–H groups in total. The van der Waals surface area contributed by atoms with Gasteiger partial charge in [0.1, 0.15) is 5.92 Å². The van der Waals surface area contributed by atoms with Crippen molar-refractivity contribution < 1.29 is 9.59 Å². The van der Waals surface area contributed by atoms with Crippen LogP contribution < -0.4 is 10.6 Å². The van der Waals surface area contributed by atoms with Crippen LogP contribution in [-0.2, 0) is 9.59 Å². The van der Waals surface area contributed by atoms with Crippen molar-refractivity contribution in [2.45, 2.75) is 45.3 Å². The average molecular weight is 411 g/mol. The Bertz CT molecular complexity index is 880. The van der Waals surface area contributed by atoms with Crippen LogP contribution in [0.25, 0.3) is 0 Å². The van der Waals surface area contributed by atoms with Crippen LogP contribution in [0, 0.1) is 34.0 Å². The van der Waals surface area contributed by atoms with Crippen molar-refractivity contribution in [2.24, 2.45) is 11.3 Å². The normalized spacial score (nSPS) is 20.1. The number of carbonyl (C=O) groups is 2. The van der Waals surface area contributed by atoms with Gasteiger partial charge in [-0.1, -0.05) is 62.9 Å². The molecule has 2 rings (SSSR count). The van der Waals surface area contributed by atoms with Crippen LogP contribution in [0.15, 0.2) is 40.9 Å². The second kappa shape index (κ2) is 9.62. The number of nitriles is 2. The van der Waals surface area contributed by atoms with Gasteiger partial charge in [-0.3, -0.25) is 9.59 Å². The standard InChI is InChI=1S/C22H26N4O2S/c1-5-15(16-9-7-6-8-10-16)13-25-19(27)14(2)29-21-18(12-24)22(3,4)17(11-23)20(28)26-21/h6-10,14-15,17H,5,13H2,1-4H3,(H,25,27)(H,26,28)/t14-,15+,17-/m0/s1. The molecule has 0 spiro atoms. The molecular weight excluding hydrogens is 384 g/mol. The van der Waals surface area contributed by atoms with Crippen LogP contribution in [0.4, 0.5) is 0 Å². The monoisotopic (exact) mass is 410 g/mol. The fourth-order valence-electron chi connectivity index (χ4n) is 3.34. The number of thioether (sulfide) groups is 1. The quantitative estimate of drug-likeness (QED) is 0.716. The van der Waals surface area contributed by atoms with Gasteiger partial charge in [0.25, 0.3) is 0 Å². The predicted octanol–water partition coefficient (Wildman–Crippen LogP) is 3.45. The number of nitrogens with zero attached hydrogens (tertiary/aromatic N) is 2. The zero-order chi connectivity index (χ0) is 21.6. The summed E-state index contributed by atoms with van der Waals surface area (Å²) in [6.07, 6.45) is 0.898. The van der Waals surface area contributed by atoms with Crippen LogP contribution in [0.1, 0.15) is 45.6 Å². The highest BCUT2D eigenvalue weighted by Crippen LogP contribution is 2.42. The number of allylic oxidation sites excluding steroid dienone is 1. The van der Waals surface area contributed by atoms with Gasteiger partial charge in [0.05, 0.1) is 28.0 Å². The van der Waals surface area contributed by atoms with Gasteiger partial charge in [-0.25, -0.2) is 0 Å². The van der Waals surface area contributed by atoms with Crippen molar-refractivity contribution in [2.75, 3.05) is 6.54 Å². The van der Waals surface area contributed by atoms with Gasteiger partial charge in [0.15, 0.2) is 0 Å². The maximum Gasteiger partial charge on any atom is 0.243 e. The second-order valence-corrected chi connectivity index (χ2v) is 8.96. The van der Waals surface area contributed by atoms with E-state index in [9.17, 15) is 20.1 Å². The maximum absolute atomic E-state index is 12.6. The van der Waals surface area contributed by atoms with E-state index in [1.807, 2.05) is 36.4 Å². The molecule has 0 fully saturated rings. The summed E-state index contributed by atoms with van der Waals surface area (Å²) < 4.78 is 0. The number of benzene rings is 1. The molecule has 29 heavy (non-hydrogen) atoms. The summed E-state index contributed by atoms with van der Waals surface area (Å²) in [6, 6.07) is 14.1. The summed E-state index contributed by atoms with van der Waals surface area (Å²) in [6.45, 7) is 7.74. The Kier molecular flexibility index (Phi) is 7.47. The van der Waals surface area contributed by atoms with Gasteiger partial charge in [0, 0.05) is 17.9 Å². The third-order valence-electron chi connectivity index (χ3n) is 5.28. The molecule has 1 heterocycles. The molecule has 1 aliphatic heterocycles. The number of hydrogen-bond acceptors (Lipinski definition) is 5. The van der Waals surface area contributed by atoms with Crippen molar-refractivity contribution in [1.29, 1.82) is 10.5 Å². The summed E-state index contributed by atoms with van der Waals surface area (Å²) in [4.78, 5) is 24.9. The molecule has 1 aromatic rings. The Morgan fingerprint density at radius 1 is 1.31 bits per heavy atom. The molecule has 1 aliphatic rings. The minimum Gasteiger partial charge on any atom is -0.355 e. The molecule has 3 atom stereocenters. The first-order valence-electron chi connectivity index (χ1n) is 9.60. The van der Waals surface area contributed by atoms with Crippen LogP contribution >= 0.6 is 11.8 Å². The molecule has 0 saturated carbocycles. The van der Waals surface area contributed by atoms with Gasteiger partial charge in [-0.2, -0.15) is 10.5 Å². The Labute approximate surface area is 176 Å². The van der Waals surface area contributed by atoms with Crippen molar-refractivity contribution >= 4 is 23.6 Å². The lowest BCUT2D eigenvalue weighted by Gasteiger charge is -2.35. The minimum absolute atomic E-state index is 0.163. The van der Waals surface area contributed by atoms with E-state index in [1.54, 1.807) is 20.8 Å². The first-order valence-corrected chi connectivity index (χ1v) is 10.5. The fourth-order valence-corrected chi connectivity index (χ4v) is 4.47. The summed E-state index contributed by atoms with van der Waals surface area (Å²) in [7, 11) is 0. The molecule has 0 saturated heterocycles. The molecule has 0 bridgehead atoms. The first-order chi connectivity index (χ1) is 13.8. The lowest BCUT2D eigenvalue weighted by atomic mass is 9.72. The average Bonchev–Trinajstić information content (AvgIpc) is 2.68. The lowest BCUT2D eigenvalue weighted by Crippen LogP contribution is -2.45. The Morgan fingerprint density at radius 2 is 1.97 bits per heavy atom. The highest BCUT2D eigenvalue weighted by Gasteiger charge is 2.45. The van der Waals surface area contributed by atoms with Crippen LogP contribution in [0.2, 0.25) is 0 Å². The van der Waals surface area contributed by atoms with Crippen molar-refractivity contribution in [3.63, 3.8) is 0 Å². The number of rotatable bonds is 7. The van der Waals surface area contributed by atoms with E-state index < -0.39 is 22.5 Å². The van der Waals surface area contributed by atoms with Crippen LogP contribution in [0.3, 0.4) is 0 Å². The zero-order valence-electron chi connectivity index (χ0n) is 17.2. The Morgan fingerprint density at radius 3 is 2.52 bits per heavy atom. The fraction of sp³-hybridized carbons (Fsp3) is 0.455. The van der Waals surface area contributed by atoms with E-state index in [2.05, 4.69) is 23.6 Å². The topological polar surface area (TPSA) is 106 Å². The number of nitrogens with one attached hydrogen (secondary N) is 2. The smallest absolute Gasteiger partial charge is 0.243 e. The molecule has 2 amide bonds. The number of carbonyl (C=O) groups excluding carboxylic acids is 2. The van der Waals surface area contributed by atoms with Crippen LogP contribution in [0.5, 0.6) is 0 Å². The van der Waals surface area contributed by atoms with Crippen LogP contribution in [-0.4, -0.2) is 23.6 Å². The van der Waals surface area contributed by atoms with Gasteiger partial charge in [-0.15, -0.1) is 0 Å². The van der Waals surface area contributed by atoms with Gasteiger partial charge in [0.2, 0.25) is 11.8 Å². The first kappa shape index (κ1) is 22.5. The van der Waals surface area contributed by atoms with E-state index in [-0.39, 0.29) is 11.8 Å². The second-order valence-electron chi connectivity index (χ2n) is 7.61. The van der Waals surface area contributed by atoms with E-state index in [1.165, 1.54) is 5.56 Å². The third-order valence-corrected chi connectivity index (χ3v) is 6.39. The van der Waals surface area contributed by atoms with Crippen molar-refractivity contribution in [3.05, 3.63) is 46.5 Å². The summed E-state index contributed by atoms with van der Waals surface area (Å²) in [5, 5.41) is 24.4. The summed E-state index contributed by atoms with van der Waals surface area (Å²) in [5.74, 6) is -1.33. The summed E-state index contributed by atoms with van der Waals surface area (Å²) in [5.41, 5.74) is 0.586. The highest BCUT2D eigenvalue weighted by atomic mass is 32.2. The number of hydrogen-bond donors (Lipinski definition) is 2. The third kappa shape index (κ3) is 4.99. The molecule has 0 aliphatic carbocycles. The maximum atomic E-state index is 12.6. The van der Waals surface area contributed by atoms with Crippen molar-refractivity contribution in [3.8, 4) is 12.1 Å². The lowest BCUT2D eigenvalue weighted by molar-refractivity contribution is -0.125. The van der Waals surface area contributed by atoms with Gasteiger partial charge < -0.3 is 10.6 Å². The molecule has 0 unspecified atom stereocenters. The van der Waals surface area contributed by atoms with E-state index >= 15 is 0 Å². The molecule has 1 aromatic carbocycles. The summed E-state index contributed by atoms with van der Waals surface area (Å²) >= 11 is 1.14. The van der Waals surface area contributed by atoms with E-state index in [0.29, 0.717) is 17.1 Å². The molecule has 6 nitrogen and oxygen atoms in total.